The highest BCUT2D eigenvalue weighted by molar-refractivity contribution is 4.97. The van der Waals surface area contributed by atoms with E-state index in [2.05, 4.69) is 49.7 Å². The molecule has 0 radical (unpaired) electrons. The number of nitrogens with zero attached hydrogens (tertiary/aromatic N) is 2. The van der Waals surface area contributed by atoms with Crippen LogP contribution in [0.25, 0.3) is 0 Å². The molecule has 3 nitrogen and oxygen atoms in total. The van der Waals surface area contributed by atoms with E-state index in [1.54, 1.807) is 0 Å². The lowest BCUT2D eigenvalue weighted by Crippen LogP contribution is -2.52. The van der Waals surface area contributed by atoms with Crippen LogP contribution in [0.15, 0.2) is 0 Å². The molecule has 3 atom stereocenters. The van der Waals surface area contributed by atoms with Crippen LogP contribution < -0.4 is 5.32 Å². The highest BCUT2D eigenvalue weighted by atomic mass is 15.3. The number of rotatable bonds is 6. The zero-order valence-electron chi connectivity index (χ0n) is 15.0. The summed E-state index contributed by atoms with van der Waals surface area (Å²) in [5.41, 5.74) is 0.471. The molecule has 2 fully saturated rings. The molecule has 0 aromatic rings. The first-order chi connectivity index (χ1) is 9.97. The fourth-order valence-electron chi connectivity index (χ4n) is 4.35. The molecule has 1 N–H and O–H groups in total. The highest BCUT2D eigenvalue weighted by Gasteiger charge is 2.41. The number of nitrogens with one attached hydrogen (secondary N) is 1. The van der Waals surface area contributed by atoms with Gasteiger partial charge in [-0.2, -0.15) is 0 Å². The van der Waals surface area contributed by atoms with E-state index in [9.17, 15) is 0 Å². The molecule has 1 aliphatic heterocycles. The Bertz CT molecular complexity index is 308. The molecule has 3 unspecified atom stereocenters. The van der Waals surface area contributed by atoms with E-state index in [4.69, 9.17) is 0 Å². The van der Waals surface area contributed by atoms with Crippen LogP contribution in [-0.2, 0) is 0 Å². The lowest BCUT2D eigenvalue weighted by Gasteiger charge is -2.40. The van der Waals surface area contributed by atoms with E-state index in [-0.39, 0.29) is 0 Å². The standard InChI is InChI=1S/C18H37N3/c1-6-15(3)21-12-10-20(11-13-21)14-16-8-9-18(4,5)17(16)19-7-2/h15-17,19H,6-14H2,1-5H3. The predicted octanol–water partition coefficient (Wildman–Crippen LogP) is 2.82. The molecule has 0 amide bonds. The summed E-state index contributed by atoms with van der Waals surface area (Å²) in [7, 11) is 0. The topological polar surface area (TPSA) is 18.5 Å². The van der Waals surface area contributed by atoms with Crippen molar-refractivity contribution in [3.63, 3.8) is 0 Å². The van der Waals surface area contributed by atoms with E-state index in [0.29, 0.717) is 11.5 Å². The Balaban J connectivity index is 1.83. The van der Waals surface area contributed by atoms with E-state index in [0.717, 1.165) is 18.5 Å². The van der Waals surface area contributed by atoms with Crippen LogP contribution in [0, 0.1) is 11.3 Å². The second-order valence-corrected chi connectivity index (χ2v) is 7.92. The van der Waals surface area contributed by atoms with Crippen molar-refractivity contribution in [1.82, 2.24) is 15.1 Å². The summed E-state index contributed by atoms with van der Waals surface area (Å²) in [6.07, 6.45) is 4.05. The number of hydrogen-bond acceptors (Lipinski definition) is 3. The normalized spacial score (nSPS) is 32.4. The average molecular weight is 296 g/mol. The van der Waals surface area contributed by atoms with Crippen molar-refractivity contribution in [2.75, 3.05) is 39.3 Å². The molecule has 3 heteroatoms. The van der Waals surface area contributed by atoms with Crippen molar-refractivity contribution < 1.29 is 0 Å². The van der Waals surface area contributed by atoms with Gasteiger partial charge in [-0.3, -0.25) is 4.90 Å². The van der Waals surface area contributed by atoms with Gasteiger partial charge < -0.3 is 10.2 Å². The Kier molecular flexibility index (Phi) is 6.10. The fraction of sp³-hybridized carbons (Fsp3) is 1.00. The van der Waals surface area contributed by atoms with Crippen LogP contribution in [-0.4, -0.2) is 61.2 Å². The van der Waals surface area contributed by atoms with Crippen LogP contribution in [0.5, 0.6) is 0 Å². The molecule has 124 valence electrons. The first-order valence-corrected chi connectivity index (χ1v) is 9.17. The van der Waals surface area contributed by atoms with Gasteiger partial charge in [0.1, 0.15) is 0 Å². The molecule has 1 heterocycles. The maximum atomic E-state index is 3.77. The largest absolute Gasteiger partial charge is 0.313 e. The van der Waals surface area contributed by atoms with Crippen molar-refractivity contribution >= 4 is 0 Å². The Labute approximate surface area is 132 Å². The van der Waals surface area contributed by atoms with E-state index in [1.807, 2.05) is 0 Å². The van der Waals surface area contributed by atoms with Crippen LogP contribution in [0.4, 0.5) is 0 Å². The summed E-state index contributed by atoms with van der Waals surface area (Å²) in [5, 5.41) is 3.77. The number of hydrogen-bond donors (Lipinski definition) is 1. The average Bonchev–Trinajstić information content (AvgIpc) is 2.75. The van der Waals surface area contributed by atoms with Gasteiger partial charge in [0.2, 0.25) is 0 Å². The third-order valence-electron chi connectivity index (χ3n) is 6.01. The smallest absolute Gasteiger partial charge is 0.0159 e. The third-order valence-corrected chi connectivity index (χ3v) is 6.01. The van der Waals surface area contributed by atoms with Gasteiger partial charge >= 0.3 is 0 Å². The Morgan fingerprint density at radius 2 is 1.81 bits per heavy atom. The molecule has 0 aromatic heterocycles. The Hall–Kier alpha value is -0.120. The van der Waals surface area contributed by atoms with E-state index >= 15 is 0 Å². The van der Waals surface area contributed by atoms with Gasteiger partial charge in [-0.25, -0.2) is 0 Å². The van der Waals surface area contributed by atoms with E-state index < -0.39 is 0 Å². The second-order valence-electron chi connectivity index (χ2n) is 7.92. The van der Waals surface area contributed by atoms with Crippen molar-refractivity contribution in [3.8, 4) is 0 Å². The monoisotopic (exact) mass is 295 g/mol. The predicted molar refractivity (Wildman–Crippen MR) is 91.7 cm³/mol. The number of piperazine rings is 1. The lowest BCUT2D eigenvalue weighted by atomic mass is 9.84. The van der Waals surface area contributed by atoms with Gasteiger partial charge in [0, 0.05) is 44.8 Å². The van der Waals surface area contributed by atoms with Crippen molar-refractivity contribution in [2.24, 2.45) is 11.3 Å². The molecule has 1 saturated heterocycles. The minimum atomic E-state index is 0.471. The fourth-order valence-corrected chi connectivity index (χ4v) is 4.35. The molecule has 2 rings (SSSR count). The van der Waals surface area contributed by atoms with Crippen LogP contribution in [0.2, 0.25) is 0 Å². The Morgan fingerprint density at radius 3 is 2.38 bits per heavy atom. The molecule has 0 bridgehead atoms. The summed E-state index contributed by atoms with van der Waals surface area (Å²) in [6.45, 7) is 19.3. The molecule has 2 aliphatic rings. The molecule has 0 aromatic carbocycles. The summed E-state index contributed by atoms with van der Waals surface area (Å²) >= 11 is 0. The molecular weight excluding hydrogens is 258 g/mol. The first-order valence-electron chi connectivity index (χ1n) is 9.17. The quantitative estimate of drug-likeness (QED) is 0.813. The third kappa shape index (κ3) is 4.20. The minimum Gasteiger partial charge on any atom is -0.313 e. The van der Waals surface area contributed by atoms with Crippen molar-refractivity contribution in [3.05, 3.63) is 0 Å². The van der Waals surface area contributed by atoms with Gasteiger partial charge in [0.05, 0.1) is 0 Å². The summed E-state index contributed by atoms with van der Waals surface area (Å²) in [4.78, 5) is 5.38. The first kappa shape index (κ1) is 17.2. The molecule has 1 aliphatic carbocycles. The highest BCUT2D eigenvalue weighted by Crippen LogP contribution is 2.41. The van der Waals surface area contributed by atoms with Crippen LogP contribution >= 0.6 is 0 Å². The van der Waals surface area contributed by atoms with E-state index in [1.165, 1.54) is 52.0 Å². The second kappa shape index (κ2) is 7.43. The molecule has 0 spiro atoms. The molecule has 21 heavy (non-hydrogen) atoms. The molecular formula is C18H37N3. The van der Waals surface area contributed by atoms with Gasteiger partial charge in [-0.05, 0) is 44.1 Å². The molecule has 1 saturated carbocycles. The minimum absolute atomic E-state index is 0.471. The summed E-state index contributed by atoms with van der Waals surface area (Å²) in [6, 6.07) is 1.46. The summed E-state index contributed by atoms with van der Waals surface area (Å²) in [5.74, 6) is 0.843. The van der Waals surface area contributed by atoms with Crippen molar-refractivity contribution in [1.29, 1.82) is 0 Å². The Morgan fingerprint density at radius 1 is 1.14 bits per heavy atom. The zero-order valence-corrected chi connectivity index (χ0v) is 15.0. The van der Waals surface area contributed by atoms with Crippen LogP contribution in [0.1, 0.15) is 53.9 Å². The van der Waals surface area contributed by atoms with Crippen molar-refractivity contribution in [2.45, 2.75) is 66.0 Å². The summed E-state index contributed by atoms with van der Waals surface area (Å²) < 4.78 is 0. The maximum absolute atomic E-state index is 3.77. The maximum Gasteiger partial charge on any atom is 0.0159 e. The van der Waals surface area contributed by atoms with Gasteiger partial charge in [-0.15, -0.1) is 0 Å². The SMILES string of the molecule is CCNC1C(CN2CCN(C(C)CC)CC2)CCC1(C)C. The van der Waals surface area contributed by atoms with Gasteiger partial charge in [-0.1, -0.05) is 27.7 Å². The van der Waals surface area contributed by atoms with Gasteiger partial charge in [0.15, 0.2) is 0 Å². The van der Waals surface area contributed by atoms with Crippen LogP contribution in [0.3, 0.4) is 0 Å². The lowest BCUT2D eigenvalue weighted by molar-refractivity contribution is 0.0838. The zero-order chi connectivity index (χ0) is 15.5. The van der Waals surface area contributed by atoms with Gasteiger partial charge in [0.25, 0.3) is 0 Å².